The second-order valence-electron chi connectivity index (χ2n) is 7.75. The highest BCUT2D eigenvalue weighted by Gasteiger charge is 2.27. The number of ketones is 1. The van der Waals surface area contributed by atoms with E-state index in [0.717, 1.165) is 19.4 Å². The van der Waals surface area contributed by atoms with Gasteiger partial charge in [0, 0.05) is 25.8 Å². The topological polar surface area (TPSA) is 62.7 Å². The van der Waals surface area contributed by atoms with Crippen molar-refractivity contribution >= 4 is 11.9 Å². The van der Waals surface area contributed by atoms with Gasteiger partial charge in [-0.3, -0.25) is 14.7 Å². The zero-order valence-electron chi connectivity index (χ0n) is 15.7. The van der Waals surface area contributed by atoms with Crippen LogP contribution in [0.3, 0.4) is 0 Å². The molecule has 1 aromatic heterocycles. The number of likely N-dealkylation sites (N-methyl/N-ethyl adjacent to an activating group) is 1. The number of amides is 1. The van der Waals surface area contributed by atoms with Crippen molar-refractivity contribution in [3.05, 3.63) is 30.1 Å². The van der Waals surface area contributed by atoms with Crippen LogP contribution < -0.4 is 0 Å². The molecule has 1 aliphatic rings. The van der Waals surface area contributed by atoms with Gasteiger partial charge >= 0.3 is 6.09 Å². The highest BCUT2D eigenvalue weighted by molar-refractivity contribution is 5.95. The van der Waals surface area contributed by atoms with Crippen molar-refractivity contribution in [2.45, 2.75) is 39.2 Å². The van der Waals surface area contributed by atoms with E-state index < -0.39 is 5.60 Å². The Kier molecular flexibility index (Phi) is 6.53. The molecule has 1 aliphatic heterocycles. The predicted octanol–water partition coefficient (Wildman–Crippen LogP) is 2.84. The molecule has 0 aliphatic carbocycles. The molecule has 138 valence electrons. The highest BCUT2D eigenvalue weighted by atomic mass is 16.6. The maximum atomic E-state index is 12.2. The maximum Gasteiger partial charge on any atom is 0.410 e. The third-order valence-electron chi connectivity index (χ3n) is 4.20. The predicted molar refractivity (Wildman–Crippen MR) is 96.6 cm³/mol. The summed E-state index contributed by atoms with van der Waals surface area (Å²) in [5.41, 5.74) is 0.0501. The molecule has 1 aromatic rings. The summed E-state index contributed by atoms with van der Waals surface area (Å²) in [5.74, 6) is 0.523. The number of piperidine rings is 1. The molecular formula is C19H29N3O3. The lowest BCUT2D eigenvalue weighted by Crippen LogP contribution is -2.43. The molecule has 6 heteroatoms. The Labute approximate surface area is 150 Å². The van der Waals surface area contributed by atoms with E-state index in [2.05, 4.69) is 4.98 Å². The Hall–Kier alpha value is -1.95. The monoisotopic (exact) mass is 347 g/mol. The van der Waals surface area contributed by atoms with Gasteiger partial charge in [-0.05, 0) is 58.7 Å². The summed E-state index contributed by atoms with van der Waals surface area (Å²) < 4.78 is 5.42. The van der Waals surface area contributed by atoms with Crippen molar-refractivity contribution in [1.29, 1.82) is 0 Å². The Bertz CT molecular complexity index is 575. The highest BCUT2D eigenvalue weighted by Crippen LogP contribution is 2.20. The number of Topliss-reactive ketones (excluding diaryl/α,β-unsaturated/α-hetero) is 1. The second-order valence-corrected chi connectivity index (χ2v) is 7.75. The van der Waals surface area contributed by atoms with Crippen LogP contribution in [0.2, 0.25) is 0 Å². The van der Waals surface area contributed by atoms with Gasteiger partial charge in [-0.1, -0.05) is 6.07 Å². The number of carbonyl (C=O) groups excluding carboxylic acids is 2. The number of likely N-dealkylation sites (tertiary alicyclic amines) is 1. The first-order valence-corrected chi connectivity index (χ1v) is 8.85. The minimum absolute atomic E-state index is 0.0364. The van der Waals surface area contributed by atoms with Gasteiger partial charge < -0.3 is 9.64 Å². The van der Waals surface area contributed by atoms with Gasteiger partial charge in [0.1, 0.15) is 11.3 Å². The number of carbonyl (C=O) groups is 2. The smallest absolute Gasteiger partial charge is 0.410 e. The fourth-order valence-corrected chi connectivity index (χ4v) is 2.98. The van der Waals surface area contributed by atoms with Crippen molar-refractivity contribution < 1.29 is 14.3 Å². The van der Waals surface area contributed by atoms with Crippen molar-refractivity contribution in [2.24, 2.45) is 5.92 Å². The fourth-order valence-electron chi connectivity index (χ4n) is 2.98. The van der Waals surface area contributed by atoms with Crippen LogP contribution in [0.1, 0.15) is 44.1 Å². The molecule has 2 heterocycles. The molecule has 0 atom stereocenters. The largest absolute Gasteiger partial charge is 0.444 e. The number of hydrogen-bond acceptors (Lipinski definition) is 5. The summed E-state index contributed by atoms with van der Waals surface area (Å²) >= 11 is 0. The van der Waals surface area contributed by atoms with Crippen LogP contribution in [-0.2, 0) is 4.74 Å². The Morgan fingerprint density at radius 1 is 1.28 bits per heavy atom. The number of aromatic nitrogens is 1. The SMILES string of the molecule is CN(CC(=O)c1ccccn1)CC1CCN(C(=O)OC(C)(C)C)CC1. The van der Waals surface area contributed by atoms with E-state index in [0.29, 0.717) is 31.2 Å². The Balaban J connectivity index is 1.74. The Morgan fingerprint density at radius 3 is 2.52 bits per heavy atom. The lowest BCUT2D eigenvalue weighted by Gasteiger charge is -2.34. The van der Waals surface area contributed by atoms with E-state index in [1.807, 2.05) is 38.8 Å². The van der Waals surface area contributed by atoms with Crippen molar-refractivity contribution in [1.82, 2.24) is 14.8 Å². The van der Waals surface area contributed by atoms with Crippen LogP contribution in [-0.4, -0.2) is 65.5 Å². The summed E-state index contributed by atoms with van der Waals surface area (Å²) in [6.07, 6.45) is 3.27. The first-order valence-electron chi connectivity index (χ1n) is 8.85. The molecule has 25 heavy (non-hydrogen) atoms. The molecule has 1 fully saturated rings. The average molecular weight is 347 g/mol. The number of ether oxygens (including phenoxy) is 1. The molecule has 1 amide bonds. The maximum absolute atomic E-state index is 12.2. The van der Waals surface area contributed by atoms with Gasteiger partial charge in [0.2, 0.25) is 0 Å². The standard InChI is InChI=1S/C19H29N3O3/c1-19(2,3)25-18(24)22-11-8-15(9-12-22)13-21(4)14-17(23)16-7-5-6-10-20-16/h5-7,10,15H,8-9,11-14H2,1-4H3. The molecule has 0 radical (unpaired) electrons. The normalized spacial score (nSPS) is 16.1. The molecule has 2 rings (SSSR count). The van der Waals surface area contributed by atoms with Crippen molar-refractivity contribution in [2.75, 3.05) is 33.2 Å². The second kappa shape index (κ2) is 8.43. The first kappa shape index (κ1) is 19.4. The van der Waals surface area contributed by atoms with Crippen LogP contribution in [0.4, 0.5) is 4.79 Å². The van der Waals surface area contributed by atoms with E-state index in [1.165, 1.54) is 0 Å². The number of rotatable bonds is 5. The van der Waals surface area contributed by atoms with Crippen molar-refractivity contribution in [3.63, 3.8) is 0 Å². The number of hydrogen-bond donors (Lipinski definition) is 0. The van der Waals surface area contributed by atoms with E-state index >= 15 is 0 Å². The molecule has 0 bridgehead atoms. The quantitative estimate of drug-likeness (QED) is 0.767. The van der Waals surface area contributed by atoms with Crippen LogP contribution >= 0.6 is 0 Å². The fraction of sp³-hybridized carbons (Fsp3) is 0.632. The molecule has 0 saturated carbocycles. The lowest BCUT2D eigenvalue weighted by molar-refractivity contribution is 0.0174. The molecule has 0 unspecified atom stereocenters. The zero-order chi connectivity index (χ0) is 18.4. The number of nitrogens with zero attached hydrogens (tertiary/aromatic N) is 3. The summed E-state index contributed by atoms with van der Waals surface area (Å²) in [6, 6.07) is 5.38. The molecule has 0 spiro atoms. The van der Waals surface area contributed by atoms with E-state index in [-0.39, 0.29) is 11.9 Å². The zero-order valence-corrected chi connectivity index (χ0v) is 15.7. The lowest BCUT2D eigenvalue weighted by atomic mass is 9.96. The first-order chi connectivity index (χ1) is 11.7. The molecule has 0 aromatic carbocycles. The van der Waals surface area contributed by atoms with Crippen LogP contribution in [0.15, 0.2) is 24.4 Å². The van der Waals surface area contributed by atoms with E-state index in [9.17, 15) is 9.59 Å². The minimum Gasteiger partial charge on any atom is -0.444 e. The van der Waals surface area contributed by atoms with E-state index in [1.54, 1.807) is 23.2 Å². The van der Waals surface area contributed by atoms with Crippen LogP contribution in [0.25, 0.3) is 0 Å². The van der Waals surface area contributed by atoms with Gasteiger partial charge in [0.15, 0.2) is 5.78 Å². The van der Waals surface area contributed by atoms with Gasteiger partial charge in [0.25, 0.3) is 0 Å². The molecular weight excluding hydrogens is 318 g/mol. The third-order valence-corrected chi connectivity index (χ3v) is 4.20. The molecule has 6 nitrogen and oxygen atoms in total. The minimum atomic E-state index is -0.458. The summed E-state index contributed by atoms with van der Waals surface area (Å²) in [6.45, 7) is 8.27. The Morgan fingerprint density at radius 2 is 1.96 bits per heavy atom. The summed E-state index contributed by atoms with van der Waals surface area (Å²) in [7, 11) is 1.96. The van der Waals surface area contributed by atoms with Gasteiger partial charge in [-0.2, -0.15) is 0 Å². The van der Waals surface area contributed by atoms with Gasteiger partial charge in [-0.25, -0.2) is 4.79 Å². The third kappa shape index (κ3) is 6.46. The average Bonchev–Trinajstić information content (AvgIpc) is 2.54. The van der Waals surface area contributed by atoms with E-state index in [4.69, 9.17) is 4.74 Å². The summed E-state index contributed by atoms with van der Waals surface area (Å²) in [4.78, 5) is 32.2. The number of pyridine rings is 1. The van der Waals surface area contributed by atoms with Crippen LogP contribution in [0.5, 0.6) is 0 Å². The molecule has 0 N–H and O–H groups in total. The van der Waals surface area contributed by atoms with Crippen molar-refractivity contribution in [3.8, 4) is 0 Å². The molecule has 1 saturated heterocycles. The summed E-state index contributed by atoms with van der Waals surface area (Å²) in [5, 5.41) is 0. The van der Waals surface area contributed by atoms with Crippen LogP contribution in [0, 0.1) is 5.92 Å². The van der Waals surface area contributed by atoms with Gasteiger partial charge in [0.05, 0.1) is 6.54 Å². The van der Waals surface area contributed by atoms with Gasteiger partial charge in [-0.15, -0.1) is 0 Å².